The Morgan fingerprint density at radius 1 is 1.09 bits per heavy atom. The van der Waals surface area contributed by atoms with E-state index in [1.807, 2.05) is 24.3 Å². The van der Waals surface area contributed by atoms with E-state index in [4.69, 9.17) is 5.26 Å². The van der Waals surface area contributed by atoms with Crippen molar-refractivity contribution < 1.29 is 13.2 Å². The zero-order valence-electron chi connectivity index (χ0n) is 17.3. The number of fused-ring (bicyclic) bond motifs is 1. The summed E-state index contributed by atoms with van der Waals surface area (Å²) in [5, 5.41) is 12.6. The minimum absolute atomic E-state index is 0.0452. The molecule has 0 bridgehead atoms. The van der Waals surface area contributed by atoms with Crippen LogP contribution in [0.2, 0.25) is 0 Å². The van der Waals surface area contributed by atoms with E-state index in [-0.39, 0.29) is 16.3 Å². The Morgan fingerprint density at radius 3 is 2.50 bits per heavy atom. The number of nitrogens with one attached hydrogen (secondary N) is 1. The first-order chi connectivity index (χ1) is 15.3. The summed E-state index contributed by atoms with van der Waals surface area (Å²) in [6, 6.07) is 17.8. The molecule has 9 heteroatoms. The van der Waals surface area contributed by atoms with E-state index >= 15 is 0 Å². The molecule has 0 saturated carbocycles. The van der Waals surface area contributed by atoms with E-state index in [0.717, 1.165) is 27.9 Å². The molecule has 7 nitrogen and oxygen atoms in total. The number of hydrogen-bond donors (Lipinski definition) is 1. The number of nitrogens with zero attached hydrogens (tertiary/aromatic N) is 3. The van der Waals surface area contributed by atoms with Crippen LogP contribution in [-0.4, -0.2) is 30.5 Å². The lowest BCUT2D eigenvalue weighted by atomic mass is 10.1. The number of amides is 1. The van der Waals surface area contributed by atoms with Gasteiger partial charge in [0.05, 0.1) is 15.1 Å². The van der Waals surface area contributed by atoms with Crippen LogP contribution in [0.5, 0.6) is 0 Å². The molecule has 0 saturated heterocycles. The van der Waals surface area contributed by atoms with E-state index in [9.17, 15) is 13.2 Å². The minimum Gasteiger partial charge on any atom is -0.321 e. The molecule has 2 aromatic heterocycles. The van der Waals surface area contributed by atoms with Crippen LogP contribution >= 0.6 is 11.3 Å². The Hall–Kier alpha value is -3.61. The minimum atomic E-state index is -3.71. The summed E-state index contributed by atoms with van der Waals surface area (Å²) in [6.45, 7) is 2.10. The molecule has 0 radical (unpaired) electrons. The van der Waals surface area contributed by atoms with Crippen LogP contribution in [0.1, 0.15) is 28.7 Å². The number of thiazole rings is 1. The fourth-order valence-electron chi connectivity index (χ4n) is 3.17. The molecular formula is C23H18N4O3S2. The van der Waals surface area contributed by atoms with Gasteiger partial charge in [-0.1, -0.05) is 31.2 Å². The van der Waals surface area contributed by atoms with Gasteiger partial charge in [-0.05, 0) is 42.3 Å². The van der Waals surface area contributed by atoms with Gasteiger partial charge in [-0.3, -0.25) is 4.79 Å². The number of pyridine rings is 1. The number of benzene rings is 2. The van der Waals surface area contributed by atoms with E-state index in [1.54, 1.807) is 23.5 Å². The molecule has 2 heterocycles. The lowest BCUT2D eigenvalue weighted by molar-refractivity contribution is 0.101. The topological polar surface area (TPSA) is 113 Å². The van der Waals surface area contributed by atoms with Gasteiger partial charge in [0, 0.05) is 17.5 Å². The molecular weight excluding hydrogens is 444 g/mol. The maximum Gasteiger partial charge on any atom is 0.275 e. The molecule has 0 aliphatic heterocycles. The van der Waals surface area contributed by atoms with Crippen molar-refractivity contribution in [3.8, 4) is 16.6 Å². The van der Waals surface area contributed by atoms with Gasteiger partial charge in [-0.2, -0.15) is 5.26 Å². The number of anilines is 1. The molecule has 4 rings (SSSR count). The molecule has 0 atom stereocenters. The number of carbonyl (C=O) groups excluding carboxylic acids is 1. The predicted molar refractivity (Wildman–Crippen MR) is 124 cm³/mol. The number of aromatic nitrogens is 2. The van der Waals surface area contributed by atoms with E-state index in [0.29, 0.717) is 11.2 Å². The van der Waals surface area contributed by atoms with Crippen molar-refractivity contribution >= 4 is 43.0 Å². The van der Waals surface area contributed by atoms with Gasteiger partial charge in [0.1, 0.15) is 22.5 Å². The average Bonchev–Trinajstić information content (AvgIpc) is 3.21. The molecule has 0 fully saturated rings. The summed E-state index contributed by atoms with van der Waals surface area (Å²) in [5.74, 6) is -0.715. The standard InChI is InChI=1S/C23H18N4O3S2/c1-3-14-4-6-15(7-5-14)23-27-18-12-16(8-10-19(18)31-23)26-22(28)21-20(32(2,29)30)11-9-17(13-24)25-21/h4-12H,3H2,1-2H3,(H,26,28). The average molecular weight is 463 g/mol. The highest BCUT2D eigenvalue weighted by Crippen LogP contribution is 2.32. The first-order valence-corrected chi connectivity index (χ1v) is 12.4. The number of rotatable bonds is 5. The molecule has 0 unspecified atom stereocenters. The molecule has 2 aromatic carbocycles. The maximum absolute atomic E-state index is 12.8. The van der Waals surface area contributed by atoms with Gasteiger partial charge in [-0.15, -0.1) is 11.3 Å². The van der Waals surface area contributed by atoms with E-state index in [1.165, 1.54) is 17.7 Å². The van der Waals surface area contributed by atoms with Crippen LogP contribution in [0, 0.1) is 11.3 Å². The summed E-state index contributed by atoms with van der Waals surface area (Å²) in [4.78, 5) is 21.2. The smallest absolute Gasteiger partial charge is 0.275 e. The van der Waals surface area contributed by atoms with Crippen molar-refractivity contribution in [2.75, 3.05) is 11.6 Å². The van der Waals surface area contributed by atoms with Crippen molar-refractivity contribution in [2.45, 2.75) is 18.2 Å². The van der Waals surface area contributed by atoms with Gasteiger partial charge in [-0.25, -0.2) is 18.4 Å². The highest BCUT2D eigenvalue weighted by molar-refractivity contribution is 7.90. The normalized spacial score (nSPS) is 11.3. The van der Waals surface area contributed by atoms with Crippen molar-refractivity contribution in [3.63, 3.8) is 0 Å². The van der Waals surface area contributed by atoms with Crippen molar-refractivity contribution in [3.05, 3.63) is 71.5 Å². The van der Waals surface area contributed by atoms with Gasteiger partial charge in [0.15, 0.2) is 9.84 Å². The summed E-state index contributed by atoms with van der Waals surface area (Å²) in [5.41, 5.74) is 3.07. The molecule has 1 amide bonds. The van der Waals surface area contributed by atoms with Crippen molar-refractivity contribution in [1.82, 2.24) is 9.97 Å². The third-order valence-electron chi connectivity index (χ3n) is 4.84. The third-order valence-corrected chi connectivity index (χ3v) is 7.06. The predicted octanol–water partition coefficient (Wildman–Crippen LogP) is 4.45. The van der Waals surface area contributed by atoms with Crippen molar-refractivity contribution in [2.24, 2.45) is 0 Å². The van der Waals surface area contributed by atoms with E-state index in [2.05, 4.69) is 34.3 Å². The Labute approximate surface area is 189 Å². The highest BCUT2D eigenvalue weighted by Gasteiger charge is 2.21. The summed E-state index contributed by atoms with van der Waals surface area (Å²) in [6.07, 6.45) is 1.96. The van der Waals surface area contributed by atoms with Gasteiger partial charge >= 0.3 is 0 Å². The molecule has 0 aliphatic carbocycles. The first kappa shape index (κ1) is 21.6. The Morgan fingerprint density at radius 2 is 1.84 bits per heavy atom. The largest absolute Gasteiger partial charge is 0.321 e. The first-order valence-electron chi connectivity index (χ1n) is 9.71. The second-order valence-electron chi connectivity index (χ2n) is 7.13. The summed E-state index contributed by atoms with van der Waals surface area (Å²) >= 11 is 1.55. The van der Waals surface area contributed by atoms with Crippen LogP contribution in [0.4, 0.5) is 5.69 Å². The second-order valence-corrected chi connectivity index (χ2v) is 10.1. The number of aryl methyl sites for hydroxylation is 1. The van der Waals surface area contributed by atoms with Crippen LogP contribution in [0.25, 0.3) is 20.8 Å². The number of carbonyl (C=O) groups is 1. The Bertz CT molecular complexity index is 1480. The third kappa shape index (κ3) is 4.37. The number of sulfone groups is 1. The zero-order valence-corrected chi connectivity index (χ0v) is 18.9. The van der Waals surface area contributed by atoms with Crippen LogP contribution in [0.3, 0.4) is 0 Å². The Balaban J connectivity index is 1.65. The fraction of sp³-hybridized carbons (Fsp3) is 0.130. The monoisotopic (exact) mass is 462 g/mol. The summed E-state index contributed by atoms with van der Waals surface area (Å²) < 4.78 is 25.1. The lowest BCUT2D eigenvalue weighted by Crippen LogP contribution is -2.18. The molecule has 0 spiro atoms. The van der Waals surface area contributed by atoms with Gasteiger partial charge in [0.2, 0.25) is 0 Å². The molecule has 32 heavy (non-hydrogen) atoms. The number of hydrogen-bond acceptors (Lipinski definition) is 7. The Kier molecular flexibility index (Phi) is 5.74. The quantitative estimate of drug-likeness (QED) is 0.469. The molecule has 1 N–H and O–H groups in total. The van der Waals surface area contributed by atoms with Gasteiger partial charge < -0.3 is 5.32 Å². The number of nitriles is 1. The van der Waals surface area contributed by atoms with Crippen LogP contribution < -0.4 is 5.32 Å². The molecule has 0 aliphatic rings. The molecule has 4 aromatic rings. The van der Waals surface area contributed by atoms with Crippen LogP contribution in [-0.2, 0) is 16.3 Å². The highest BCUT2D eigenvalue weighted by atomic mass is 32.2. The maximum atomic E-state index is 12.8. The lowest BCUT2D eigenvalue weighted by Gasteiger charge is -2.08. The van der Waals surface area contributed by atoms with E-state index < -0.39 is 15.7 Å². The summed E-state index contributed by atoms with van der Waals surface area (Å²) in [7, 11) is -3.71. The zero-order chi connectivity index (χ0) is 22.9. The molecule has 160 valence electrons. The second kappa shape index (κ2) is 8.49. The SMILES string of the molecule is CCc1ccc(-c2nc3cc(NC(=O)c4nc(C#N)ccc4S(C)(=O)=O)ccc3s2)cc1. The van der Waals surface area contributed by atoms with Gasteiger partial charge in [0.25, 0.3) is 5.91 Å². The van der Waals surface area contributed by atoms with Crippen LogP contribution in [0.15, 0.2) is 59.5 Å². The fourth-order valence-corrected chi connectivity index (χ4v) is 4.93. The van der Waals surface area contributed by atoms with Crippen molar-refractivity contribution in [1.29, 1.82) is 5.26 Å².